The average Bonchev–Trinajstić information content (AvgIpc) is 2.92. The smallest absolute Gasteiger partial charge is 0.378 e. The van der Waals surface area contributed by atoms with E-state index in [-0.39, 0.29) is 33.0 Å². The zero-order valence-electron chi connectivity index (χ0n) is 21.1. The van der Waals surface area contributed by atoms with Gasteiger partial charge in [0.1, 0.15) is 50.1 Å². The lowest BCUT2D eigenvalue weighted by atomic mass is 10.2. The Hall–Kier alpha value is -2.52. The summed E-state index contributed by atoms with van der Waals surface area (Å²) < 4.78 is 78.0. The van der Waals surface area contributed by atoms with Crippen molar-refractivity contribution >= 4 is 0 Å². The first-order chi connectivity index (χ1) is 18.0. The molecule has 38 heavy (non-hydrogen) atoms. The van der Waals surface area contributed by atoms with E-state index in [1.165, 1.54) is 0 Å². The molecular formula is C25H34F4O9. The first kappa shape index (κ1) is 33.5. The van der Waals surface area contributed by atoms with Crippen LogP contribution in [0.5, 0.6) is 11.5 Å². The summed E-state index contributed by atoms with van der Waals surface area (Å²) in [7, 11) is 1.76. The number of alkyl halides is 4. The standard InChI is InChI=1S/C13H18F2O5.C12H16F2O4/c1-18-13(14,15)9-19-7-11(17)8-20-12-4-2-10(6-16)3-5-12;1-16-12(13,14)9-17-7-10(15)8-18-11-5-3-2-4-6-11/h2-5,11,16-17H,6-9H2,1H3;2-6,10,15H,7-9H2,1H3. The van der Waals surface area contributed by atoms with Crippen molar-refractivity contribution in [2.75, 3.05) is 53.9 Å². The predicted octanol–water partition coefficient (Wildman–Crippen LogP) is 2.86. The van der Waals surface area contributed by atoms with E-state index < -0.39 is 37.6 Å². The van der Waals surface area contributed by atoms with Gasteiger partial charge in [-0.05, 0) is 29.8 Å². The minimum Gasteiger partial charge on any atom is -0.491 e. The van der Waals surface area contributed by atoms with Crippen LogP contribution in [0, 0.1) is 0 Å². The normalized spacial score (nSPS) is 13.3. The largest absolute Gasteiger partial charge is 0.491 e. The van der Waals surface area contributed by atoms with Crippen molar-refractivity contribution in [2.45, 2.75) is 31.0 Å². The molecule has 0 radical (unpaired) electrons. The van der Waals surface area contributed by atoms with Crippen LogP contribution in [0.4, 0.5) is 17.6 Å². The number of methoxy groups -OCH3 is 2. The fourth-order valence-electron chi connectivity index (χ4n) is 2.43. The van der Waals surface area contributed by atoms with Crippen molar-refractivity contribution in [3.05, 3.63) is 60.2 Å². The van der Waals surface area contributed by atoms with Gasteiger partial charge < -0.3 is 43.7 Å². The zero-order chi connectivity index (χ0) is 28.4. The van der Waals surface area contributed by atoms with Crippen molar-refractivity contribution in [3.8, 4) is 11.5 Å². The number of aliphatic hydroxyl groups excluding tert-OH is 3. The second kappa shape index (κ2) is 17.9. The van der Waals surface area contributed by atoms with Gasteiger partial charge in [-0.15, -0.1) is 0 Å². The fourth-order valence-corrected chi connectivity index (χ4v) is 2.43. The molecule has 3 N–H and O–H groups in total. The topological polar surface area (TPSA) is 116 Å². The summed E-state index contributed by atoms with van der Waals surface area (Å²) in [6, 6.07) is 15.5. The van der Waals surface area contributed by atoms with Gasteiger partial charge >= 0.3 is 12.2 Å². The van der Waals surface area contributed by atoms with Gasteiger partial charge in [-0.25, -0.2) is 0 Å². The molecule has 0 aliphatic rings. The number of aliphatic hydroxyl groups is 3. The Kier molecular flexibility index (Phi) is 15.8. The highest BCUT2D eigenvalue weighted by atomic mass is 19.3. The van der Waals surface area contributed by atoms with Crippen molar-refractivity contribution in [3.63, 3.8) is 0 Å². The molecule has 0 saturated carbocycles. The van der Waals surface area contributed by atoms with Crippen LogP contribution in [0.15, 0.2) is 54.6 Å². The maximum absolute atomic E-state index is 12.6. The number of rotatable bonds is 17. The van der Waals surface area contributed by atoms with Gasteiger partial charge in [0.25, 0.3) is 0 Å². The number of benzene rings is 2. The number of hydrogen-bond donors (Lipinski definition) is 3. The maximum atomic E-state index is 12.6. The summed E-state index contributed by atoms with van der Waals surface area (Å²) in [5.74, 6) is 1.10. The number of para-hydroxylation sites is 1. The van der Waals surface area contributed by atoms with E-state index in [2.05, 4.69) is 18.9 Å². The van der Waals surface area contributed by atoms with Crippen LogP contribution in [-0.2, 0) is 25.6 Å². The predicted molar refractivity (Wildman–Crippen MR) is 127 cm³/mol. The molecule has 2 rings (SSSR count). The van der Waals surface area contributed by atoms with Crippen LogP contribution in [0.3, 0.4) is 0 Å². The Balaban J connectivity index is 0.000000382. The minimum atomic E-state index is -3.36. The average molecular weight is 555 g/mol. The monoisotopic (exact) mass is 554 g/mol. The van der Waals surface area contributed by atoms with E-state index in [0.717, 1.165) is 19.8 Å². The maximum Gasteiger partial charge on any atom is 0.378 e. The molecule has 2 unspecified atom stereocenters. The summed E-state index contributed by atoms with van der Waals surface area (Å²) in [5.41, 5.74) is 0.739. The zero-order valence-corrected chi connectivity index (χ0v) is 21.1. The molecule has 2 aromatic carbocycles. The Morgan fingerprint density at radius 3 is 1.47 bits per heavy atom. The first-order valence-corrected chi connectivity index (χ1v) is 11.4. The van der Waals surface area contributed by atoms with Gasteiger partial charge in [-0.3, -0.25) is 0 Å². The lowest BCUT2D eigenvalue weighted by Gasteiger charge is -2.16. The van der Waals surface area contributed by atoms with Crippen LogP contribution >= 0.6 is 0 Å². The molecule has 9 nitrogen and oxygen atoms in total. The first-order valence-electron chi connectivity index (χ1n) is 11.4. The van der Waals surface area contributed by atoms with E-state index in [0.29, 0.717) is 11.5 Å². The molecule has 0 spiro atoms. The second-order valence-electron chi connectivity index (χ2n) is 7.76. The van der Waals surface area contributed by atoms with E-state index in [1.54, 1.807) is 48.5 Å². The van der Waals surface area contributed by atoms with E-state index in [9.17, 15) is 27.8 Å². The number of hydrogen-bond acceptors (Lipinski definition) is 9. The molecule has 0 bridgehead atoms. The molecule has 13 heteroatoms. The van der Waals surface area contributed by atoms with E-state index in [1.807, 2.05) is 6.07 Å². The van der Waals surface area contributed by atoms with Crippen molar-refractivity contribution in [2.24, 2.45) is 0 Å². The summed E-state index contributed by atoms with van der Waals surface area (Å²) >= 11 is 0. The van der Waals surface area contributed by atoms with Crippen molar-refractivity contribution in [1.29, 1.82) is 0 Å². The Bertz CT molecular complexity index is 858. The second-order valence-corrected chi connectivity index (χ2v) is 7.76. The molecule has 2 atom stereocenters. The molecule has 216 valence electrons. The van der Waals surface area contributed by atoms with Gasteiger partial charge in [0.05, 0.1) is 19.8 Å². The molecule has 0 heterocycles. The van der Waals surface area contributed by atoms with Crippen LogP contribution in [-0.4, -0.2) is 93.6 Å². The quantitative estimate of drug-likeness (QED) is 0.254. The van der Waals surface area contributed by atoms with Crippen LogP contribution in [0.25, 0.3) is 0 Å². The van der Waals surface area contributed by atoms with E-state index >= 15 is 0 Å². The van der Waals surface area contributed by atoms with Crippen molar-refractivity contribution in [1.82, 2.24) is 0 Å². The Morgan fingerprint density at radius 2 is 1.08 bits per heavy atom. The number of ether oxygens (including phenoxy) is 6. The third kappa shape index (κ3) is 15.7. The highest BCUT2D eigenvalue weighted by Crippen LogP contribution is 2.16. The fraction of sp³-hybridized carbons (Fsp3) is 0.520. The minimum absolute atomic E-state index is 0.0252. The molecule has 0 saturated heterocycles. The molecule has 0 aliphatic heterocycles. The lowest BCUT2D eigenvalue weighted by molar-refractivity contribution is -0.253. The van der Waals surface area contributed by atoms with Crippen LogP contribution < -0.4 is 9.47 Å². The van der Waals surface area contributed by atoms with Gasteiger partial charge in [0.15, 0.2) is 0 Å². The molecule has 2 aromatic rings. The SMILES string of the molecule is COC(F)(F)COCC(O)COc1ccc(CO)cc1.COC(F)(F)COCC(O)COc1ccccc1. The molecular weight excluding hydrogens is 520 g/mol. The summed E-state index contributed by atoms with van der Waals surface area (Å²) in [6.07, 6.45) is -8.70. The molecule has 0 fully saturated rings. The van der Waals surface area contributed by atoms with Gasteiger partial charge in [-0.2, -0.15) is 17.6 Å². The highest BCUT2D eigenvalue weighted by molar-refractivity contribution is 5.26. The third-order valence-corrected chi connectivity index (χ3v) is 4.49. The number of halogens is 4. The highest BCUT2D eigenvalue weighted by Gasteiger charge is 2.29. The molecule has 0 aromatic heterocycles. The summed E-state index contributed by atoms with van der Waals surface area (Å²) in [6.45, 7) is -2.53. The summed E-state index contributed by atoms with van der Waals surface area (Å²) in [4.78, 5) is 0. The molecule has 0 amide bonds. The lowest BCUT2D eigenvalue weighted by Crippen LogP contribution is -2.30. The summed E-state index contributed by atoms with van der Waals surface area (Å²) in [5, 5.41) is 27.8. The van der Waals surface area contributed by atoms with Crippen molar-refractivity contribution < 1.29 is 61.3 Å². The Labute approximate surface area is 218 Å². The van der Waals surface area contributed by atoms with Gasteiger partial charge in [-0.1, -0.05) is 30.3 Å². The van der Waals surface area contributed by atoms with Gasteiger partial charge in [0, 0.05) is 14.2 Å². The van der Waals surface area contributed by atoms with Crippen LogP contribution in [0.2, 0.25) is 0 Å². The van der Waals surface area contributed by atoms with Gasteiger partial charge in [0.2, 0.25) is 0 Å². The van der Waals surface area contributed by atoms with Crippen LogP contribution in [0.1, 0.15) is 5.56 Å². The molecule has 0 aliphatic carbocycles. The third-order valence-electron chi connectivity index (χ3n) is 4.49. The van der Waals surface area contributed by atoms with E-state index in [4.69, 9.17) is 14.6 Å². The Morgan fingerprint density at radius 1 is 0.658 bits per heavy atom.